The molecular formula is C23H24N8O2. The van der Waals surface area contributed by atoms with E-state index in [1.807, 2.05) is 31.2 Å². The molecule has 0 spiro atoms. The Balaban J connectivity index is 1.31. The number of nitrogens with zero attached hydrogens (tertiary/aromatic N) is 6. The molecule has 5 rings (SSSR count). The number of anilines is 2. The van der Waals surface area contributed by atoms with Crippen molar-refractivity contribution in [2.75, 3.05) is 23.3 Å². The maximum atomic E-state index is 13.1. The first-order valence-corrected chi connectivity index (χ1v) is 10.9. The van der Waals surface area contributed by atoms with Crippen LogP contribution in [-0.2, 0) is 4.79 Å². The number of hydrogen-bond acceptors (Lipinski definition) is 8. The molecule has 3 aromatic heterocycles. The number of H-pyrrole nitrogens is 1. The summed E-state index contributed by atoms with van der Waals surface area (Å²) in [7, 11) is 0. The summed E-state index contributed by atoms with van der Waals surface area (Å²) in [6.45, 7) is 4.95. The van der Waals surface area contributed by atoms with Crippen molar-refractivity contribution >= 4 is 17.4 Å². The minimum Gasteiger partial charge on any atom is -0.355 e. The third kappa shape index (κ3) is 4.45. The van der Waals surface area contributed by atoms with Gasteiger partial charge in [-0.2, -0.15) is 4.98 Å². The number of rotatable bonds is 5. The highest BCUT2D eigenvalue weighted by molar-refractivity contribution is 5.93. The summed E-state index contributed by atoms with van der Waals surface area (Å²) in [6.07, 6.45) is 6.80. The van der Waals surface area contributed by atoms with E-state index in [0.29, 0.717) is 35.5 Å². The first-order valence-electron chi connectivity index (χ1n) is 10.9. The number of hydrogen-bond donors (Lipinski definition) is 2. The molecule has 1 unspecified atom stereocenters. The zero-order valence-corrected chi connectivity index (χ0v) is 18.4. The fourth-order valence-corrected chi connectivity index (χ4v) is 4.03. The van der Waals surface area contributed by atoms with Gasteiger partial charge in [0.15, 0.2) is 5.82 Å². The largest absolute Gasteiger partial charge is 0.355 e. The number of imidazole rings is 1. The van der Waals surface area contributed by atoms with E-state index in [1.54, 1.807) is 25.6 Å². The molecule has 1 fully saturated rings. The lowest BCUT2D eigenvalue weighted by Crippen LogP contribution is -2.41. The molecule has 0 bridgehead atoms. The van der Waals surface area contributed by atoms with Crippen LogP contribution in [0.5, 0.6) is 0 Å². The van der Waals surface area contributed by atoms with Gasteiger partial charge in [0.25, 0.3) is 5.89 Å². The molecule has 1 aliphatic rings. The molecule has 0 saturated carbocycles. The average Bonchev–Trinajstić information content (AvgIpc) is 3.52. The standard InChI is InChI=1S/C23H24N8O2/c1-14-25-10-19(23-28-15(2)30-33-23)21(27-14)31-9-3-4-17(12-31)22(32)29-18-7-5-16(6-8-18)20-11-24-13-26-20/h5-8,10-11,13,17H,3-4,9,12H2,1-2H3,(H,24,26)(H,29,32). The monoisotopic (exact) mass is 444 g/mol. The Kier molecular flexibility index (Phi) is 5.55. The van der Waals surface area contributed by atoms with Crippen molar-refractivity contribution < 1.29 is 9.32 Å². The molecule has 33 heavy (non-hydrogen) atoms. The van der Waals surface area contributed by atoms with Crippen molar-refractivity contribution in [3.05, 3.63) is 54.6 Å². The van der Waals surface area contributed by atoms with Crippen LogP contribution in [0.15, 0.2) is 47.5 Å². The number of aromatic nitrogens is 6. The average molecular weight is 444 g/mol. The zero-order valence-electron chi connectivity index (χ0n) is 18.4. The van der Waals surface area contributed by atoms with Crippen molar-refractivity contribution in [1.29, 1.82) is 0 Å². The van der Waals surface area contributed by atoms with Crippen molar-refractivity contribution in [3.63, 3.8) is 0 Å². The van der Waals surface area contributed by atoms with Gasteiger partial charge in [-0.3, -0.25) is 4.79 Å². The van der Waals surface area contributed by atoms with Crippen molar-refractivity contribution in [1.82, 2.24) is 30.1 Å². The predicted octanol–water partition coefficient (Wildman–Crippen LogP) is 3.39. The number of carbonyl (C=O) groups is 1. The highest BCUT2D eigenvalue weighted by atomic mass is 16.5. The molecule has 10 nitrogen and oxygen atoms in total. The molecule has 1 aliphatic heterocycles. The van der Waals surface area contributed by atoms with E-state index in [-0.39, 0.29) is 11.8 Å². The van der Waals surface area contributed by atoms with Crippen LogP contribution in [0.25, 0.3) is 22.7 Å². The van der Waals surface area contributed by atoms with E-state index >= 15 is 0 Å². The summed E-state index contributed by atoms with van der Waals surface area (Å²) < 4.78 is 5.36. The first-order chi connectivity index (χ1) is 16.1. The highest BCUT2D eigenvalue weighted by Gasteiger charge is 2.29. The van der Waals surface area contributed by atoms with Gasteiger partial charge in [-0.15, -0.1) is 0 Å². The minimum atomic E-state index is -0.168. The molecule has 4 heterocycles. The maximum Gasteiger partial charge on any atom is 0.263 e. The summed E-state index contributed by atoms with van der Waals surface area (Å²) in [5, 5.41) is 6.94. The van der Waals surface area contributed by atoms with E-state index < -0.39 is 0 Å². The summed E-state index contributed by atoms with van der Waals surface area (Å²) in [4.78, 5) is 35.6. The fraction of sp³-hybridized carbons (Fsp3) is 0.304. The van der Waals surface area contributed by atoms with Crippen LogP contribution in [0, 0.1) is 19.8 Å². The lowest BCUT2D eigenvalue weighted by Gasteiger charge is -2.33. The lowest BCUT2D eigenvalue weighted by atomic mass is 9.96. The van der Waals surface area contributed by atoms with Gasteiger partial charge in [0.05, 0.1) is 24.1 Å². The fourth-order valence-electron chi connectivity index (χ4n) is 4.03. The smallest absolute Gasteiger partial charge is 0.263 e. The second kappa shape index (κ2) is 8.81. The van der Waals surface area contributed by atoms with Gasteiger partial charge < -0.3 is 19.7 Å². The second-order valence-electron chi connectivity index (χ2n) is 8.12. The van der Waals surface area contributed by atoms with Gasteiger partial charge in [0.1, 0.15) is 17.2 Å². The number of aromatic amines is 1. The molecule has 1 aromatic carbocycles. The van der Waals surface area contributed by atoms with Crippen molar-refractivity contribution in [2.45, 2.75) is 26.7 Å². The number of aryl methyl sites for hydroxylation is 2. The van der Waals surface area contributed by atoms with Gasteiger partial charge in [0.2, 0.25) is 5.91 Å². The molecule has 1 atom stereocenters. The summed E-state index contributed by atoms with van der Waals surface area (Å²) in [5.74, 6) is 2.12. The molecule has 10 heteroatoms. The van der Waals surface area contributed by atoms with Gasteiger partial charge in [-0.25, -0.2) is 15.0 Å². The van der Waals surface area contributed by atoms with E-state index in [4.69, 9.17) is 4.52 Å². The minimum absolute atomic E-state index is 0.00467. The van der Waals surface area contributed by atoms with Gasteiger partial charge in [0, 0.05) is 25.0 Å². The van der Waals surface area contributed by atoms with Crippen LogP contribution in [0.3, 0.4) is 0 Å². The Bertz CT molecular complexity index is 1250. The van der Waals surface area contributed by atoms with E-state index in [2.05, 4.69) is 40.3 Å². The summed E-state index contributed by atoms with van der Waals surface area (Å²) >= 11 is 0. The number of carbonyl (C=O) groups excluding carboxylic acids is 1. The topological polar surface area (TPSA) is 126 Å². The Morgan fingerprint density at radius 2 is 2.00 bits per heavy atom. The quantitative estimate of drug-likeness (QED) is 0.480. The molecule has 2 N–H and O–H groups in total. The Hall–Kier alpha value is -4.08. The molecule has 0 radical (unpaired) electrons. The SMILES string of the molecule is Cc1noc(-c2cnc(C)nc2N2CCCC(C(=O)Nc3ccc(-c4cnc[nH]4)cc3)C2)n1. The van der Waals surface area contributed by atoms with Crippen molar-refractivity contribution in [2.24, 2.45) is 5.92 Å². The molecular weight excluding hydrogens is 420 g/mol. The molecule has 0 aliphatic carbocycles. The van der Waals surface area contributed by atoms with E-state index in [9.17, 15) is 4.79 Å². The van der Waals surface area contributed by atoms with Crippen LogP contribution in [0.4, 0.5) is 11.5 Å². The molecule has 4 aromatic rings. The second-order valence-corrected chi connectivity index (χ2v) is 8.12. The van der Waals surface area contributed by atoms with Gasteiger partial charge in [-0.1, -0.05) is 17.3 Å². The maximum absolute atomic E-state index is 13.1. The van der Waals surface area contributed by atoms with Gasteiger partial charge in [-0.05, 0) is 44.4 Å². The Morgan fingerprint density at radius 3 is 2.73 bits per heavy atom. The van der Waals surface area contributed by atoms with E-state index in [1.165, 1.54) is 0 Å². The number of amides is 1. The Morgan fingerprint density at radius 1 is 1.15 bits per heavy atom. The van der Waals surface area contributed by atoms with Crippen LogP contribution < -0.4 is 10.2 Å². The number of benzene rings is 1. The third-order valence-corrected chi connectivity index (χ3v) is 5.70. The molecule has 168 valence electrons. The zero-order chi connectivity index (χ0) is 22.8. The number of piperidine rings is 1. The summed E-state index contributed by atoms with van der Waals surface area (Å²) in [5.41, 5.74) is 3.39. The van der Waals surface area contributed by atoms with Crippen molar-refractivity contribution in [3.8, 4) is 22.7 Å². The summed E-state index contributed by atoms with van der Waals surface area (Å²) in [6, 6.07) is 7.72. The van der Waals surface area contributed by atoms with Crippen LogP contribution in [0.1, 0.15) is 24.5 Å². The first kappa shape index (κ1) is 20.8. The van der Waals surface area contributed by atoms with Crippen LogP contribution in [0.2, 0.25) is 0 Å². The predicted molar refractivity (Wildman–Crippen MR) is 122 cm³/mol. The van der Waals surface area contributed by atoms with Crippen LogP contribution >= 0.6 is 0 Å². The van der Waals surface area contributed by atoms with E-state index in [0.717, 1.165) is 36.3 Å². The highest BCUT2D eigenvalue weighted by Crippen LogP contribution is 2.31. The molecule has 1 saturated heterocycles. The van der Waals surface area contributed by atoms with Gasteiger partial charge >= 0.3 is 0 Å². The lowest BCUT2D eigenvalue weighted by molar-refractivity contribution is -0.120. The normalized spacial score (nSPS) is 16.1. The van der Waals surface area contributed by atoms with Crippen LogP contribution in [-0.4, -0.2) is 49.1 Å². The third-order valence-electron chi connectivity index (χ3n) is 5.70. The molecule has 1 amide bonds. The number of nitrogens with one attached hydrogen (secondary N) is 2. The Labute approximate surface area is 190 Å².